The van der Waals surface area contributed by atoms with Gasteiger partial charge in [-0.05, 0) is 194 Å². The molecule has 11 aromatic carbocycles. The van der Waals surface area contributed by atoms with Gasteiger partial charge in [-0.25, -0.2) is 4.98 Å². The molecule has 7 heteroatoms. The predicted octanol–water partition coefficient (Wildman–Crippen LogP) is 20.6. The van der Waals surface area contributed by atoms with Crippen LogP contribution in [0.3, 0.4) is 0 Å². The second-order valence-electron chi connectivity index (χ2n) is 24.5. The van der Waals surface area contributed by atoms with Gasteiger partial charge >= 0.3 is 0 Å². The van der Waals surface area contributed by atoms with Crippen molar-refractivity contribution in [1.29, 1.82) is 0 Å². The van der Waals surface area contributed by atoms with Crippen molar-refractivity contribution in [3.05, 3.63) is 269 Å². The van der Waals surface area contributed by atoms with Gasteiger partial charge in [-0.3, -0.25) is 9.55 Å². The summed E-state index contributed by atoms with van der Waals surface area (Å²) in [6.07, 6.45) is 3.93. The molecule has 17 rings (SSSR count). The van der Waals surface area contributed by atoms with E-state index in [1.165, 1.54) is 87.6 Å². The molecule has 0 bridgehead atoms. The fraction of sp³-hybridized carbons (Fsp3) is 0.100. The minimum atomic E-state index is 0.806. The normalized spacial score (nSPS) is 12.1. The highest BCUT2D eigenvalue weighted by atomic mass is 15.2. The van der Waals surface area contributed by atoms with E-state index in [9.17, 15) is 0 Å². The zero-order chi connectivity index (χ0) is 58.7. The Labute approximate surface area is 503 Å². The largest absolute Gasteiger partial charge is 0.306 e. The zero-order valence-corrected chi connectivity index (χ0v) is 50.0. The molecule has 416 valence electrons. The molecule has 17 aromatic rings. The van der Waals surface area contributed by atoms with E-state index in [0.717, 1.165) is 106 Å². The molecule has 0 atom stereocenters. The Hall–Kier alpha value is -10.8. The summed E-state index contributed by atoms with van der Waals surface area (Å²) in [5.41, 5.74) is 28.3. The van der Waals surface area contributed by atoms with Crippen LogP contribution in [0.25, 0.3) is 149 Å². The Kier molecular flexibility index (Phi) is 11.0. The van der Waals surface area contributed by atoms with Crippen LogP contribution in [-0.4, -0.2) is 32.8 Å². The van der Waals surface area contributed by atoms with Crippen molar-refractivity contribution in [2.75, 3.05) is 0 Å². The summed E-state index contributed by atoms with van der Waals surface area (Å²) in [5, 5.41) is 9.50. The Morgan fingerprint density at radius 2 is 0.552 bits per heavy atom. The van der Waals surface area contributed by atoms with E-state index in [0.29, 0.717) is 0 Å². The third-order valence-corrected chi connectivity index (χ3v) is 18.4. The number of aromatic nitrogens is 7. The standard InChI is InChI=1S/C80H61N7/c1-46-18-26-65-56(38-46)57-39-47(2)19-27-66(57)84(65)76-74(54-34-36-81-37-35-54)75(80-82-64-16-12-13-17-73(64)83(80)55-14-10-9-11-15-55)77(85-67-28-20-48(3)40-58(67)59-41-49(4)21-29-68(59)85)79(87-71-32-24-52(7)44-62(71)63-45-53(8)25-33-72(63)87)78(76)86-69-30-22-50(5)42-60(69)61-43-51(6)23-31-70(61)86/h9-45H,1-8H3. The molecule has 87 heavy (non-hydrogen) atoms. The van der Waals surface area contributed by atoms with E-state index in [2.05, 4.69) is 291 Å². The molecule has 0 spiro atoms. The van der Waals surface area contributed by atoms with E-state index in [1.54, 1.807) is 0 Å². The average Bonchev–Trinajstić information content (AvgIpc) is 1.61. The summed E-state index contributed by atoms with van der Waals surface area (Å²) in [4.78, 5) is 10.9. The van der Waals surface area contributed by atoms with Gasteiger partial charge < -0.3 is 18.3 Å². The first-order valence-electron chi connectivity index (χ1n) is 30.2. The van der Waals surface area contributed by atoms with Gasteiger partial charge in [0.1, 0.15) is 5.82 Å². The van der Waals surface area contributed by atoms with Crippen molar-refractivity contribution in [2.45, 2.75) is 55.4 Å². The molecule has 0 N–H and O–H groups in total. The molecule has 0 saturated heterocycles. The topological polar surface area (TPSA) is 50.4 Å². The second kappa shape index (κ2) is 18.9. The number of rotatable bonds is 7. The number of hydrogen-bond acceptors (Lipinski definition) is 2. The molecule has 0 aliphatic carbocycles. The van der Waals surface area contributed by atoms with Gasteiger partial charge in [-0.2, -0.15) is 0 Å². The first-order chi connectivity index (χ1) is 42.4. The lowest BCUT2D eigenvalue weighted by Gasteiger charge is -2.31. The minimum Gasteiger partial charge on any atom is -0.306 e. The molecule has 7 nitrogen and oxygen atoms in total. The monoisotopic (exact) mass is 1120 g/mol. The van der Waals surface area contributed by atoms with E-state index < -0.39 is 0 Å². The fourth-order valence-corrected chi connectivity index (χ4v) is 14.6. The number of aryl methyl sites for hydroxylation is 8. The van der Waals surface area contributed by atoms with Crippen LogP contribution in [0, 0.1) is 55.4 Å². The lowest BCUT2D eigenvalue weighted by atomic mass is 9.91. The molecule has 0 aliphatic heterocycles. The van der Waals surface area contributed by atoms with Crippen molar-refractivity contribution >= 4 is 98.3 Å². The number of para-hydroxylation sites is 3. The fourth-order valence-electron chi connectivity index (χ4n) is 14.6. The molecule has 0 saturated carbocycles. The first kappa shape index (κ1) is 50.7. The Morgan fingerprint density at radius 3 is 0.897 bits per heavy atom. The molecular formula is C80H61N7. The molecule has 0 fully saturated rings. The SMILES string of the molecule is Cc1ccc2c(c1)c1cc(C)ccc1n2-c1c(-c2ccncc2)c(-c2nc3ccccc3n2-c2ccccc2)c(-n2c3ccc(C)cc3c3cc(C)ccc32)c(-n2c3ccc(C)cc3c3cc(C)ccc32)c1-n1c2ccc(C)cc2c2cc(C)ccc21. The second-order valence-corrected chi connectivity index (χ2v) is 24.5. The van der Waals surface area contributed by atoms with Crippen LogP contribution in [0.2, 0.25) is 0 Å². The molecule has 6 heterocycles. The maximum Gasteiger partial charge on any atom is 0.148 e. The number of nitrogens with zero attached hydrogens (tertiary/aromatic N) is 7. The van der Waals surface area contributed by atoms with Crippen molar-refractivity contribution in [3.63, 3.8) is 0 Å². The summed E-state index contributed by atoms with van der Waals surface area (Å²) in [5.74, 6) is 0.806. The molecule has 0 unspecified atom stereocenters. The predicted molar refractivity (Wildman–Crippen MR) is 365 cm³/mol. The van der Waals surface area contributed by atoms with Crippen molar-refractivity contribution in [2.24, 2.45) is 0 Å². The maximum atomic E-state index is 6.07. The van der Waals surface area contributed by atoms with Crippen molar-refractivity contribution < 1.29 is 0 Å². The van der Waals surface area contributed by atoms with Gasteiger partial charge in [0.2, 0.25) is 0 Å². The lowest BCUT2D eigenvalue weighted by Crippen LogP contribution is -2.17. The Bertz CT molecular complexity index is 5540. The van der Waals surface area contributed by atoms with Gasteiger partial charge in [0.25, 0.3) is 0 Å². The van der Waals surface area contributed by atoms with Gasteiger partial charge in [0.05, 0.1) is 83.5 Å². The molecule has 0 amide bonds. The highest BCUT2D eigenvalue weighted by Crippen LogP contribution is 2.55. The summed E-state index contributed by atoms with van der Waals surface area (Å²) in [6.45, 7) is 17.7. The summed E-state index contributed by atoms with van der Waals surface area (Å²) >= 11 is 0. The van der Waals surface area contributed by atoms with E-state index in [4.69, 9.17) is 9.97 Å². The quantitative estimate of drug-likeness (QED) is 0.160. The molecule has 6 aromatic heterocycles. The molecule has 0 aliphatic rings. The van der Waals surface area contributed by atoms with Gasteiger partial charge in [0.15, 0.2) is 0 Å². The van der Waals surface area contributed by atoms with E-state index >= 15 is 0 Å². The summed E-state index contributed by atoms with van der Waals surface area (Å²) < 4.78 is 12.9. The number of fused-ring (bicyclic) bond motifs is 13. The van der Waals surface area contributed by atoms with Crippen LogP contribution in [0.4, 0.5) is 0 Å². The smallest absolute Gasteiger partial charge is 0.148 e. The highest BCUT2D eigenvalue weighted by Gasteiger charge is 2.37. The van der Waals surface area contributed by atoms with Crippen LogP contribution >= 0.6 is 0 Å². The Morgan fingerprint density at radius 1 is 0.253 bits per heavy atom. The van der Waals surface area contributed by atoms with Crippen LogP contribution in [0.15, 0.2) is 225 Å². The molecule has 0 radical (unpaired) electrons. The number of hydrogen-bond donors (Lipinski definition) is 0. The van der Waals surface area contributed by atoms with Gasteiger partial charge in [0, 0.05) is 66.7 Å². The van der Waals surface area contributed by atoms with E-state index in [-0.39, 0.29) is 0 Å². The third kappa shape index (κ3) is 7.48. The zero-order valence-electron chi connectivity index (χ0n) is 50.0. The maximum absolute atomic E-state index is 6.07. The first-order valence-corrected chi connectivity index (χ1v) is 30.2. The Balaban J connectivity index is 1.29. The summed E-state index contributed by atoms with van der Waals surface area (Å²) in [7, 11) is 0. The van der Waals surface area contributed by atoms with Gasteiger partial charge in [-0.1, -0.05) is 123 Å². The van der Waals surface area contributed by atoms with Crippen LogP contribution in [0.5, 0.6) is 0 Å². The van der Waals surface area contributed by atoms with Crippen LogP contribution < -0.4 is 0 Å². The van der Waals surface area contributed by atoms with Crippen molar-refractivity contribution in [3.8, 4) is 51.0 Å². The molecular weight excluding hydrogens is 1060 g/mol. The number of benzene rings is 11. The third-order valence-electron chi connectivity index (χ3n) is 18.4. The lowest BCUT2D eigenvalue weighted by molar-refractivity contribution is 1.01. The highest BCUT2D eigenvalue weighted by molar-refractivity contribution is 6.19. The van der Waals surface area contributed by atoms with Crippen molar-refractivity contribution in [1.82, 2.24) is 32.8 Å². The van der Waals surface area contributed by atoms with Crippen LogP contribution in [-0.2, 0) is 0 Å². The van der Waals surface area contributed by atoms with Crippen LogP contribution in [0.1, 0.15) is 44.5 Å². The van der Waals surface area contributed by atoms with Gasteiger partial charge in [-0.15, -0.1) is 0 Å². The summed E-state index contributed by atoms with van der Waals surface area (Å²) in [6, 6.07) is 80.3. The average molecular weight is 1120 g/mol. The number of imidazole rings is 1. The number of pyridine rings is 1. The minimum absolute atomic E-state index is 0.806. The van der Waals surface area contributed by atoms with E-state index in [1.807, 2.05) is 12.4 Å².